The molecule has 2 aromatic carbocycles. The first-order chi connectivity index (χ1) is 12.6. The van der Waals surface area contributed by atoms with Gasteiger partial charge in [-0.15, -0.1) is 0 Å². The Labute approximate surface area is 159 Å². The highest BCUT2D eigenvalue weighted by Gasteiger charge is 2.31. The molecular weight excluding hydrogens is 346 g/mol. The Morgan fingerprint density at radius 1 is 1.12 bits per heavy atom. The largest absolute Gasteiger partial charge is 0.493 e. The van der Waals surface area contributed by atoms with Crippen LogP contribution in [0, 0.1) is 6.92 Å². The van der Waals surface area contributed by atoms with Gasteiger partial charge >= 0.3 is 0 Å². The van der Waals surface area contributed by atoms with Gasteiger partial charge in [-0.2, -0.15) is 5.10 Å². The van der Waals surface area contributed by atoms with E-state index in [0.29, 0.717) is 16.6 Å². The molecule has 0 saturated carbocycles. The van der Waals surface area contributed by atoms with E-state index in [1.165, 1.54) is 5.56 Å². The van der Waals surface area contributed by atoms with E-state index in [-0.39, 0.29) is 6.04 Å². The van der Waals surface area contributed by atoms with Gasteiger partial charge in [-0.05, 0) is 42.4 Å². The van der Waals surface area contributed by atoms with Crippen molar-refractivity contribution in [2.75, 3.05) is 21.3 Å². The molecule has 0 amide bonds. The molecule has 5 nitrogen and oxygen atoms in total. The number of hydrogen-bond acceptors (Lipinski definition) is 4. The molecule has 1 atom stereocenters. The Kier molecular flexibility index (Phi) is 5.42. The molecule has 0 fully saturated rings. The van der Waals surface area contributed by atoms with E-state index >= 15 is 0 Å². The van der Waals surface area contributed by atoms with Crippen LogP contribution in [-0.4, -0.2) is 37.1 Å². The molecule has 136 valence electrons. The molecule has 0 unspecified atom stereocenters. The fraction of sp³-hybridized carbons (Fsp3) is 0.300. The van der Waals surface area contributed by atoms with E-state index in [9.17, 15) is 0 Å². The number of nitrogens with zero attached hydrogens (tertiary/aromatic N) is 2. The number of methoxy groups -OCH3 is 2. The Bertz CT molecular complexity index is 833. The molecule has 1 aliphatic rings. The van der Waals surface area contributed by atoms with Crippen molar-refractivity contribution in [3.8, 4) is 11.5 Å². The first kappa shape index (κ1) is 18.2. The van der Waals surface area contributed by atoms with Gasteiger partial charge in [0, 0.05) is 13.5 Å². The van der Waals surface area contributed by atoms with Gasteiger partial charge in [0.15, 0.2) is 16.6 Å². The van der Waals surface area contributed by atoms with E-state index in [1.54, 1.807) is 14.2 Å². The Morgan fingerprint density at radius 3 is 2.42 bits per heavy atom. The second-order valence-corrected chi connectivity index (χ2v) is 6.53. The highest BCUT2D eigenvalue weighted by molar-refractivity contribution is 7.80. The van der Waals surface area contributed by atoms with Crippen LogP contribution in [0.25, 0.3) is 0 Å². The fourth-order valence-corrected chi connectivity index (χ4v) is 3.22. The van der Waals surface area contributed by atoms with E-state index in [2.05, 4.69) is 36.5 Å². The highest BCUT2D eigenvalue weighted by atomic mass is 32.1. The lowest BCUT2D eigenvalue weighted by atomic mass is 9.98. The van der Waals surface area contributed by atoms with Crippen molar-refractivity contribution in [3.05, 3.63) is 59.2 Å². The fourth-order valence-electron chi connectivity index (χ4n) is 3.05. The summed E-state index contributed by atoms with van der Waals surface area (Å²) in [7, 11) is 5.09. The normalized spacial score (nSPS) is 16.2. The standard InChI is InChI=1S/C20H23N3O2S/c1-13-5-7-14(8-6-13)16-12-17(23(22-16)20(26)21-2)15-9-10-18(24-3)19(11-15)25-4/h5-11,17H,12H2,1-4H3,(H,21,26)/t17-/m0/s1. The topological polar surface area (TPSA) is 46.1 Å². The van der Waals surface area contributed by atoms with Gasteiger partial charge in [0.1, 0.15) is 0 Å². The van der Waals surface area contributed by atoms with Crippen molar-refractivity contribution in [2.45, 2.75) is 19.4 Å². The Morgan fingerprint density at radius 2 is 1.81 bits per heavy atom. The van der Waals surface area contributed by atoms with Crippen molar-refractivity contribution in [3.63, 3.8) is 0 Å². The zero-order valence-electron chi connectivity index (χ0n) is 15.4. The van der Waals surface area contributed by atoms with Gasteiger partial charge in [-0.1, -0.05) is 35.9 Å². The minimum Gasteiger partial charge on any atom is -0.493 e. The Hall–Kier alpha value is -2.60. The summed E-state index contributed by atoms with van der Waals surface area (Å²) in [5, 5.41) is 10.3. The van der Waals surface area contributed by atoms with Gasteiger partial charge in [0.2, 0.25) is 0 Å². The quantitative estimate of drug-likeness (QED) is 0.833. The molecule has 3 rings (SSSR count). The summed E-state index contributed by atoms with van der Waals surface area (Å²) in [5.41, 5.74) is 4.43. The van der Waals surface area contributed by atoms with Crippen LogP contribution in [-0.2, 0) is 0 Å². The van der Waals surface area contributed by atoms with Crippen LogP contribution in [0.1, 0.15) is 29.2 Å². The summed E-state index contributed by atoms with van der Waals surface area (Å²) in [4.78, 5) is 0. The third-order valence-corrected chi connectivity index (χ3v) is 4.90. The van der Waals surface area contributed by atoms with Gasteiger partial charge in [0.25, 0.3) is 0 Å². The summed E-state index contributed by atoms with van der Waals surface area (Å²) in [6.45, 7) is 2.08. The third-order valence-electron chi connectivity index (χ3n) is 4.51. The lowest BCUT2D eigenvalue weighted by Crippen LogP contribution is -2.34. The van der Waals surface area contributed by atoms with Crippen LogP contribution in [0.4, 0.5) is 0 Å². The van der Waals surface area contributed by atoms with Crippen molar-refractivity contribution >= 4 is 23.0 Å². The molecule has 0 aromatic heterocycles. The number of aryl methyl sites for hydroxylation is 1. The first-order valence-electron chi connectivity index (χ1n) is 8.44. The Balaban J connectivity index is 1.96. The molecular formula is C20H23N3O2S. The molecule has 0 spiro atoms. The number of benzene rings is 2. The van der Waals surface area contributed by atoms with Gasteiger partial charge < -0.3 is 14.8 Å². The van der Waals surface area contributed by atoms with Crippen LogP contribution in [0.5, 0.6) is 11.5 Å². The summed E-state index contributed by atoms with van der Waals surface area (Å²) in [6.07, 6.45) is 0.764. The molecule has 2 aromatic rings. The molecule has 1 aliphatic heterocycles. The number of rotatable bonds is 4. The minimum absolute atomic E-state index is 0.00561. The van der Waals surface area contributed by atoms with Crippen LogP contribution in [0.15, 0.2) is 47.6 Å². The molecule has 0 radical (unpaired) electrons. The molecule has 0 bridgehead atoms. The van der Waals surface area contributed by atoms with Crippen LogP contribution in [0.3, 0.4) is 0 Å². The van der Waals surface area contributed by atoms with E-state index in [4.69, 9.17) is 26.8 Å². The molecule has 1 N–H and O–H groups in total. The van der Waals surface area contributed by atoms with Crippen molar-refractivity contribution in [1.29, 1.82) is 0 Å². The zero-order chi connectivity index (χ0) is 18.7. The van der Waals surface area contributed by atoms with Crippen LogP contribution < -0.4 is 14.8 Å². The van der Waals surface area contributed by atoms with Gasteiger partial charge in [-0.25, -0.2) is 5.01 Å². The molecule has 0 aliphatic carbocycles. The van der Waals surface area contributed by atoms with E-state index < -0.39 is 0 Å². The second kappa shape index (κ2) is 7.74. The van der Waals surface area contributed by atoms with Crippen molar-refractivity contribution in [2.24, 2.45) is 5.10 Å². The lowest BCUT2D eigenvalue weighted by Gasteiger charge is -2.24. The highest BCUT2D eigenvalue weighted by Crippen LogP contribution is 2.37. The maximum atomic E-state index is 5.48. The molecule has 1 heterocycles. The molecule has 26 heavy (non-hydrogen) atoms. The predicted octanol–water partition coefficient (Wildman–Crippen LogP) is 3.67. The molecule has 6 heteroatoms. The number of thiocarbonyl (C=S) groups is 1. The number of nitrogens with one attached hydrogen (secondary N) is 1. The SMILES string of the molecule is CNC(=S)N1N=C(c2ccc(C)cc2)C[C@H]1c1ccc(OC)c(OC)c1. The maximum Gasteiger partial charge on any atom is 0.189 e. The number of hydrazone groups is 1. The summed E-state index contributed by atoms with van der Waals surface area (Å²) in [5.74, 6) is 1.40. The molecule has 0 saturated heterocycles. The average Bonchev–Trinajstić information content (AvgIpc) is 3.12. The predicted molar refractivity (Wildman–Crippen MR) is 108 cm³/mol. The van der Waals surface area contributed by atoms with Gasteiger partial charge in [0.05, 0.1) is 26.0 Å². The van der Waals surface area contributed by atoms with Crippen molar-refractivity contribution in [1.82, 2.24) is 10.3 Å². The monoisotopic (exact) mass is 369 g/mol. The number of hydrogen-bond donors (Lipinski definition) is 1. The summed E-state index contributed by atoms with van der Waals surface area (Å²) < 4.78 is 10.8. The maximum absolute atomic E-state index is 5.48. The van der Waals surface area contributed by atoms with Gasteiger partial charge in [-0.3, -0.25) is 0 Å². The third kappa shape index (κ3) is 3.51. The summed E-state index contributed by atoms with van der Waals surface area (Å²) in [6, 6.07) is 14.3. The first-order valence-corrected chi connectivity index (χ1v) is 8.85. The average molecular weight is 369 g/mol. The smallest absolute Gasteiger partial charge is 0.189 e. The number of ether oxygens (including phenoxy) is 2. The lowest BCUT2D eigenvalue weighted by molar-refractivity contribution is 0.346. The zero-order valence-corrected chi connectivity index (χ0v) is 16.3. The second-order valence-electron chi connectivity index (χ2n) is 6.15. The van der Waals surface area contributed by atoms with Crippen LogP contribution >= 0.6 is 12.2 Å². The summed E-state index contributed by atoms with van der Waals surface area (Å²) >= 11 is 5.48. The van der Waals surface area contributed by atoms with Crippen molar-refractivity contribution < 1.29 is 9.47 Å². The van der Waals surface area contributed by atoms with Crippen LogP contribution in [0.2, 0.25) is 0 Å². The van der Waals surface area contributed by atoms with E-state index in [0.717, 1.165) is 23.3 Å². The van der Waals surface area contributed by atoms with E-state index in [1.807, 2.05) is 30.3 Å². The minimum atomic E-state index is 0.00561.